The fourth-order valence-electron chi connectivity index (χ4n) is 2.18. The van der Waals surface area contributed by atoms with Gasteiger partial charge in [0.25, 0.3) is 0 Å². The van der Waals surface area contributed by atoms with Crippen molar-refractivity contribution in [3.05, 3.63) is 70.5 Å². The van der Waals surface area contributed by atoms with Gasteiger partial charge in [-0.2, -0.15) is 5.26 Å². The van der Waals surface area contributed by atoms with Gasteiger partial charge in [0.1, 0.15) is 5.82 Å². The van der Waals surface area contributed by atoms with Crippen molar-refractivity contribution >= 4 is 0 Å². The molecular formula is C18H19FN2. The van der Waals surface area contributed by atoms with Gasteiger partial charge < -0.3 is 5.32 Å². The second-order valence-corrected chi connectivity index (χ2v) is 5.12. The first kappa shape index (κ1) is 15.2. The number of rotatable bonds is 5. The van der Waals surface area contributed by atoms with E-state index in [-0.39, 0.29) is 11.9 Å². The molecule has 0 aliphatic heterocycles. The van der Waals surface area contributed by atoms with Crippen LogP contribution in [0, 0.1) is 17.1 Å². The van der Waals surface area contributed by atoms with Gasteiger partial charge in [-0.25, -0.2) is 4.39 Å². The molecule has 2 aromatic rings. The Hall–Kier alpha value is -2.18. The summed E-state index contributed by atoms with van der Waals surface area (Å²) in [5.41, 5.74) is 3.41. The second kappa shape index (κ2) is 7.01. The molecule has 108 valence electrons. The Morgan fingerprint density at radius 2 is 1.90 bits per heavy atom. The molecule has 0 saturated heterocycles. The normalized spacial score (nSPS) is 11.9. The number of hydrogen-bond donors (Lipinski definition) is 1. The molecule has 2 nitrogen and oxygen atoms in total. The summed E-state index contributed by atoms with van der Waals surface area (Å²) in [6.07, 6.45) is 1.03. The van der Waals surface area contributed by atoms with E-state index < -0.39 is 0 Å². The standard InChI is InChI=1S/C18H19FN2/c1-3-14-4-7-16(8-5-14)13(2)21-12-17-9-6-15(11-20)10-18(17)19/h4-10,13,21H,3,12H2,1-2H3. The van der Waals surface area contributed by atoms with Crippen molar-refractivity contribution in [2.24, 2.45) is 0 Å². The molecule has 2 aromatic carbocycles. The quantitative estimate of drug-likeness (QED) is 0.895. The van der Waals surface area contributed by atoms with Gasteiger partial charge in [-0.05, 0) is 36.6 Å². The maximum absolute atomic E-state index is 13.8. The minimum atomic E-state index is -0.338. The van der Waals surface area contributed by atoms with E-state index in [1.54, 1.807) is 12.1 Å². The molecule has 1 atom stereocenters. The molecule has 2 rings (SSSR count). The largest absolute Gasteiger partial charge is 0.306 e. The number of hydrogen-bond acceptors (Lipinski definition) is 2. The van der Waals surface area contributed by atoms with E-state index in [1.165, 1.54) is 17.2 Å². The number of aryl methyl sites for hydroxylation is 1. The fraction of sp³-hybridized carbons (Fsp3) is 0.278. The van der Waals surface area contributed by atoms with Crippen LogP contribution in [0.2, 0.25) is 0 Å². The molecule has 0 radical (unpaired) electrons. The Balaban J connectivity index is 2.00. The van der Waals surface area contributed by atoms with E-state index >= 15 is 0 Å². The fourth-order valence-corrected chi connectivity index (χ4v) is 2.18. The van der Waals surface area contributed by atoms with Gasteiger partial charge in [-0.3, -0.25) is 0 Å². The number of nitrogens with zero attached hydrogens (tertiary/aromatic N) is 1. The lowest BCUT2D eigenvalue weighted by Gasteiger charge is -2.15. The maximum atomic E-state index is 13.8. The van der Waals surface area contributed by atoms with Crippen LogP contribution in [0.4, 0.5) is 4.39 Å². The van der Waals surface area contributed by atoms with Crippen LogP contribution < -0.4 is 5.32 Å². The zero-order valence-electron chi connectivity index (χ0n) is 12.4. The molecule has 3 heteroatoms. The molecule has 1 N–H and O–H groups in total. The van der Waals surface area contributed by atoms with Crippen LogP contribution in [-0.4, -0.2) is 0 Å². The molecule has 0 aromatic heterocycles. The second-order valence-electron chi connectivity index (χ2n) is 5.12. The lowest BCUT2D eigenvalue weighted by atomic mass is 10.0. The average Bonchev–Trinajstić information content (AvgIpc) is 2.53. The summed E-state index contributed by atoms with van der Waals surface area (Å²) < 4.78 is 13.8. The van der Waals surface area contributed by atoms with Gasteiger partial charge in [0.15, 0.2) is 0 Å². The third kappa shape index (κ3) is 3.90. The summed E-state index contributed by atoms with van der Waals surface area (Å²) >= 11 is 0. The lowest BCUT2D eigenvalue weighted by molar-refractivity contribution is 0.544. The number of nitrogens with one attached hydrogen (secondary N) is 1. The minimum absolute atomic E-state index is 0.144. The van der Waals surface area contributed by atoms with Gasteiger partial charge in [0.2, 0.25) is 0 Å². The van der Waals surface area contributed by atoms with Crippen LogP contribution in [0.1, 0.15) is 42.1 Å². The van der Waals surface area contributed by atoms with Crippen LogP contribution in [0.25, 0.3) is 0 Å². The predicted octanol–water partition coefficient (Wildman–Crippen LogP) is 4.11. The molecule has 0 fully saturated rings. The highest BCUT2D eigenvalue weighted by Gasteiger charge is 2.08. The van der Waals surface area contributed by atoms with Gasteiger partial charge in [0, 0.05) is 18.2 Å². The molecule has 0 saturated carbocycles. The van der Waals surface area contributed by atoms with Gasteiger partial charge >= 0.3 is 0 Å². The van der Waals surface area contributed by atoms with Gasteiger partial charge in [0.05, 0.1) is 11.6 Å². The molecule has 1 unspecified atom stereocenters. The lowest BCUT2D eigenvalue weighted by Crippen LogP contribution is -2.18. The third-order valence-electron chi connectivity index (χ3n) is 3.67. The zero-order chi connectivity index (χ0) is 15.2. The van der Waals surface area contributed by atoms with Gasteiger partial charge in [-0.15, -0.1) is 0 Å². The summed E-state index contributed by atoms with van der Waals surface area (Å²) in [5.74, 6) is -0.338. The van der Waals surface area contributed by atoms with Crippen molar-refractivity contribution in [1.29, 1.82) is 5.26 Å². The molecule has 21 heavy (non-hydrogen) atoms. The van der Waals surface area contributed by atoms with Crippen molar-refractivity contribution in [2.75, 3.05) is 0 Å². The monoisotopic (exact) mass is 282 g/mol. The zero-order valence-corrected chi connectivity index (χ0v) is 12.4. The Morgan fingerprint density at radius 3 is 2.48 bits per heavy atom. The molecule has 0 aliphatic carbocycles. The highest BCUT2D eigenvalue weighted by atomic mass is 19.1. The van der Waals surface area contributed by atoms with E-state index in [9.17, 15) is 4.39 Å². The van der Waals surface area contributed by atoms with Crippen LogP contribution >= 0.6 is 0 Å². The minimum Gasteiger partial charge on any atom is -0.306 e. The summed E-state index contributed by atoms with van der Waals surface area (Å²) in [4.78, 5) is 0. The van der Waals surface area contributed by atoms with Gasteiger partial charge in [-0.1, -0.05) is 37.3 Å². The summed E-state index contributed by atoms with van der Waals surface area (Å²) in [7, 11) is 0. The molecule has 0 aliphatic rings. The summed E-state index contributed by atoms with van der Waals surface area (Å²) in [6, 6.07) is 15.1. The highest BCUT2D eigenvalue weighted by Crippen LogP contribution is 2.16. The first-order valence-corrected chi connectivity index (χ1v) is 7.14. The number of benzene rings is 2. The average molecular weight is 282 g/mol. The molecular weight excluding hydrogens is 263 g/mol. The van der Waals surface area contributed by atoms with E-state index in [1.807, 2.05) is 6.07 Å². The Kier molecular flexibility index (Phi) is 5.08. The van der Waals surface area contributed by atoms with Crippen LogP contribution in [0.5, 0.6) is 0 Å². The topological polar surface area (TPSA) is 35.8 Å². The summed E-state index contributed by atoms with van der Waals surface area (Å²) in [5, 5.41) is 12.0. The van der Waals surface area contributed by atoms with Crippen molar-refractivity contribution < 1.29 is 4.39 Å². The Bertz CT molecular complexity index is 641. The van der Waals surface area contributed by atoms with Crippen molar-refractivity contribution in [3.63, 3.8) is 0 Å². The molecule has 0 bridgehead atoms. The van der Waals surface area contributed by atoms with E-state index in [0.29, 0.717) is 17.7 Å². The van der Waals surface area contributed by atoms with Crippen molar-refractivity contribution in [2.45, 2.75) is 32.9 Å². The first-order valence-electron chi connectivity index (χ1n) is 7.14. The third-order valence-corrected chi connectivity index (χ3v) is 3.67. The van der Waals surface area contributed by atoms with E-state index in [4.69, 9.17) is 5.26 Å². The smallest absolute Gasteiger partial charge is 0.129 e. The molecule has 0 amide bonds. The highest BCUT2D eigenvalue weighted by molar-refractivity contribution is 5.33. The van der Waals surface area contributed by atoms with Crippen LogP contribution in [0.3, 0.4) is 0 Å². The van der Waals surface area contributed by atoms with Crippen LogP contribution in [-0.2, 0) is 13.0 Å². The first-order chi connectivity index (χ1) is 10.1. The van der Waals surface area contributed by atoms with Crippen LogP contribution in [0.15, 0.2) is 42.5 Å². The maximum Gasteiger partial charge on any atom is 0.129 e. The Morgan fingerprint density at radius 1 is 1.19 bits per heavy atom. The van der Waals surface area contributed by atoms with Crippen molar-refractivity contribution in [3.8, 4) is 6.07 Å². The Labute approximate surface area is 125 Å². The van der Waals surface area contributed by atoms with E-state index in [0.717, 1.165) is 6.42 Å². The molecule has 0 heterocycles. The summed E-state index contributed by atoms with van der Waals surface area (Å²) in [6.45, 7) is 4.63. The predicted molar refractivity (Wildman–Crippen MR) is 82.2 cm³/mol. The SMILES string of the molecule is CCc1ccc(C(C)NCc2ccc(C#N)cc2F)cc1. The van der Waals surface area contributed by atoms with E-state index in [2.05, 4.69) is 43.4 Å². The number of halogens is 1. The molecule has 0 spiro atoms. The van der Waals surface area contributed by atoms with Crippen molar-refractivity contribution in [1.82, 2.24) is 5.32 Å². The number of nitriles is 1.